The molecule has 1 aromatic rings. The van der Waals surface area contributed by atoms with Gasteiger partial charge in [-0.3, -0.25) is 4.79 Å². The fourth-order valence-corrected chi connectivity index (χ4v) is 1.23. The lowest BCUT2D eigenvalue weighted by atomic mass is 10.2. The first kappa shape index (κ1) is 12.2. The molecule has 4 heteroatoms. The van der Waals surface area contributed by atoms with Gasteiger partial charge in [0.25, 0.3) is 0 Å². The van der Waals surface area contributed by atoms with Crippen molar-refractivity contribution in [3.05, 3.63) is 29.8 Å². The minimum absolute atomic E-state index is 0.0659. The number of nitrogens with one attached hydrogen (secondary N) is 2. The molecule has 0 atom stereocenters. The van der Waals surface area contributed by atoms with Crippen molar-refractivity contribution in [3.8, 4) is 0 Å². The molecule has 16 heavy (non-hydrogen) atoms. The first-order chi connectivity index (χ1) is 7.59. The van der Waals surface area contributed by atoms with Gasteiger partial charge in [-0.2, -0.15) is 0 Å². The molecule has 1 aromatic carbocycles. The number of benzene rings is 1. The zero-order chi connectivity index (χ0) is 12.0. The van der Waals surface area contributed by atoms with Crippen LogP contribution in [0.25, 0.3) is 0 Å². The molecule has 0 radical (unpaired) electrons. The Kier molecular flexibility index (Phi) is 4.51. The average Bonchev–Trinajstić information content (AvgIpc) is 2.21. The number of hydrogen-bond acceptors (Lipinski definition) is 2. The van der Waals surface area contributed by atoms with E-state index in [1.165, 1.54) is 6.92 Å². The Morgan fingerprint density at radius 2 is 1.94 bits per heavy atom. The van der Waals surface area contributed by atoms with Crippen molar-refractivity contribution in [2.24, 2.45) is 0 Å². The number of hydrogen-bond donors (Lipinski definition) is 2. The fraction of sp³-hybridized carbons (Fsp3) is 0.333. The Morgan fingerprint density at radius 3 is 2.56 bits per heavy atom. The van der Waals surface area contributed by atoms with Crippen LogP contribution in [-0.4, -0.2) is 18.4 Å². The van der Waals surface area contributed by atoms with Gasteiger partial charge < -0.3 is 10.6 Å². The van der Waals surface area contributed by atoms with Gasteiger partial charge in [0.05, 0.1) is 0 Å². The molecule has 1 rings (SSSR count). The number of urea groups is 1. The van der Waals surface area contributed by atoms with Gasteiger partial charge >= 0.3 is 6.03 Å². The third kappa shape index (κ3) is 4.13. The summed E-state index contributed by atoms with van der Waals surface area (Å²) in [6.45, 7) is 3.79. The zero-order valence-corrected chi connectivity index (χ0v) is 9.54. The van der Waals surface area contributed by atoms with Crippen molar-refractivity contribution in [2.75, 3.05) is 11.9 Å². The molecule has 0 aliphatic heterocycles. The molecule has 0 aliphatic carbocycles. The van der Waals surface area contributed by atoms with Crippen LogP contribution in [0.1, 0.15) is 18.9 Å². The first-order valence-corrected chi connectivity index (χ1v) is 5.19. The number of ketones is 1. The third-order valence-electron chi connectivity index (χ3n) is 2.16. The van der Waals surface area contributed by atoms with Crippen molar-refractivity contribution in [1.82, 2.24) is 5.32 Å². The van der Waals surface area contributed by atoms with Crippen LogP contribution in [0.2, 0.25) is 0 Å². The molecule has 0 aliphatic rings. The molecule has 0 saturated heterocycles. The molecular formula is C12H16N2O2. The van der Waals surface area contributed by atoms with Crippen molar-refractivity contribution >= 4 is 17.5 Å². The van der Waals surface area contributed by atoms with E-state index in [0.29, 0.717) is 13.0 Å². The Morgan fingerprint density at radius 1 is 1.25 bits per heavy atom. The number of amides is 2. The molecule has 0 spiro atoms. The maximum atomic E-state index is 11.4. The largest absolute Gasteiger partial charge is 0.337 e. The normalized spacial score (nSPS) is 9.62. The summed E-state index contributed by atoms with van der Waals surface area (Å²) in [5.74, 6) is 0.0659. The van der Waals surface area contributed by atoms with Gasteiger partial charge in [-0.1, -0.05) is 18.2 Å². The maximum Gasteiger partial charge on any atom is 0.319 e. The summed E-state index contributed by atoms with van der Waals surface area (Å²) >= 11 is 0. The van der Waals surface area contributed by atoms with Crippen LogP contribution in [0.5, 0.6) is 0 Å². The molecule has 4 nitrogen and oxygen atoms in total. The van der Waals surface area contributed by atoms with Crippen molar-refractivity contribution in [2.45, 2.75) is 20.3 Å². The monoisotopic (exact) mass is 220 g/mol. The Labute approximate surface area is 95.0 Å². The number of aryl methyl sites for hydroxylation is 1. The van der Waals surface area contributed by atoms with E-state index in [-0.39, 0.29) is 11.8 Å². The summed E-state index contributed by atoms with van der Waals surface area (Å²) in [6, 6.07) is 7.24. The predicted molar refractivity (Wildman–Crippen MR) is 63.5 cm³/mol. The van der Waals surface area contributed by atoms with Gasteiger partial charge in [0.1, 0.15) is 5.78 Å². The Balaban J connectivity index is 2.40. The second-order valence-electron chi connectivity index (χ2n) is 3.65. The topological polar surface area (TPSA) is 58.2 Å². The Bertz CT molecular complexity index is 388. The quantitative estimate of drug-likeness (QED) is 0.816. The number of rotatable bonds is 4. The molecular weight excluding hydrogens is 204 g/mol. The molecule has 0 aromatic heterocycles. The van der Waals surface area contributed by atoms with Crippen LogP contribution in [0.15, 0.2) is 24.3 Å². The SMILES string of the molecule is CC(=O)CCNC(=O)Nc1ccccc1C. The standard InChI is InChI=1S/C12H16N2O2/c1-9-5-3-4-6-11(9)14-12(16)13-8-7-10(2)15/h3-6H,7-8H2,1-2H3,(H2,13,14,16). The van der Waals surface area contributed by atoms with E-state index < -0.39 is 0 Å². The van der Waals surface area contributed by atoms with Gasteiger partial charge in [0, 0.05) is 18.7 Å². The van der Waals surface area contributed by atoms with Crippen LogP contribution in [0.3, 0.4) is 0 Å². The summed E-state index contributed by atoms with van der Waals surface area (Å²) in [5, 5.41) is 5.34. The van der Waals surface area contributed by atoms with Gasteiger partial charge in [-0.15, -0.1) is 0 Å². The molecule has 2 amide bonds. The van der Waals surface area contributed by atoms with Crippen LogP contribution in [0, 0.1) is 6.92 Å². The summed E-state index contributed by atoms with van der Waals surface area (Å²) in [7, 11) is 0. The third-order valence-corrected chi connectivity index (χ3v) is 2.16. The number of carbonyl (C=O) groups is 2. The minimum atomic E-state index is -0.282. The van der Waals surface area contributed by atoms with E-state index in [9.17, 15) is 9.59 Å². The van der Waals surface area contributed by atoms with Crippen molar-refractivity contribution in [3.63, 3.8) is 0 Å². The molecule has 2 N–H and O–H groups in total. The lowest BCUT2D eigenvalue weighted by Gasteiger charge is -2.08. The molecule has 0 heterocycles. The highest BCUT2D eigenvalue weighted by atomic mass is 16.2. The predicted octanol–water partition coefficient (Wildman–Crippen LogP) is 2.10. The van der Waals surface area contributed by atoms with E-state index in [1.807, 2.05) is 31.2 Å². The van der Waals surface area contributed by atoms with Crippen LogP contribution in [-0.2, 0) is 4.79 Å². The average molecular weight is 220 g/mol. The maximum absolute atomic E-state index is 11.4. The van der Waals surface area contributed by atoms with E-state index >= 15 is 0 Å². The molecule has 0 unspecified atom stereocenters. The second-order valence-corrected chi connectivity index (χ2v) is 3.65. The van der Waals surface area contributed by atoms with Gasteiger partial charge in [-0.05, 0) is 25.5 Å². The van der Waals surface area contributed by atoms with Crippen LogP contribution >= 0.6 is 0 Å². The van der Waals surface area contributed by atoms with Gasteiger partial charge in [-0.25, -0.2) is 4.79 Å². The number of anilines is 1. The fourth-order valence-electron chi connectivity index (χ4n) is 1.23. The van der Waals surface area contributed by atoms with Crippen LogP contribution in [0.4, 0.5) is 10.5 Å². The summed E-state index contributed by atoms with van der Waals surface area (Å²) in [4.78, 5) is 22.1. The van der Waals surface area contributed by atoms with E-state index in [1.54, 1.807) is 0 Å². The smallest absolute Gasteiger partial charge is 0.319 e. The highest BCUT2D eigenvalue weighted by Crippen LogP contribution is 2.12. The van der Waals surface area contributed by atoms with Gasteiger partial charge in [0.15, 0.2) is 0 Å². The van der Waals surface area contributed by atoms with Crippen molar-refractivity contribution < 1.29 is 9.59 Å². The Hall–Kier alpha value is -1.84. The zero-order valence-electron chi connectivity index (χ0n) is 9.54. The number of carbonyl (C=O) groups excluding carboxylic acids is 2. The van der Waals surface area contributed by atoms with E-state index in [0.717, 1.165) is 11.3 Å². The molecule has 0 saturated carbocycles. The highest BCUT2D eigenvalue weighted by molar-refractivity contribution is 5.90. The lowest BCUT2D eigenvalue weighted by molar-refractivity contribution is -0.116. The van der Waals surface area contributed by atoms with Gasteiger partial charge in [0.2, 0.25) is 0 Å². The molecule has 0 bridgehead atoms. The summed E-state index contributed by atoms with van der Waals surface area (Å²) in [5.41, 5.74) is 1.78. The summed E-state index contributed by atoms with van der Waals surface area (Å²) in [6.07, 6.45) is 0.362. The van der Waals surface area contributed by atoms with Crippen LogP contribution < -0.4 is 10.6 Å². The van der Waals surface area contributed by atoms with E-state index in [4.69, 9.17) is 0 Å². The minimum Gasteiger partial charge on any atom is -0.337 e. The van der Waals surface area contributed by atoms with Crippen molar-refractivity contribution in [1.29, 1.82) is 0 Å². The van der Waals surface area contributed by atoms with E-state index in [2.05, 4.69) is 10.6 Å². The number of Topliss-reactive ketones (excluding diaryl/α,β-unsaturated/α-hetero) is 1. The number of para-hydroxylation sites is 1. The molecule has 86 valence electrons. The first-order valence-electron chi connectivity index (χ1n) is 5.19. The second kappa shape index (κ2) is 5.90. The lowest BCUT2D eigenvalue weighted by Crippen LogP contribution is -2.30. The summed E-state index contributed by atoms with van der Waals surface area (Å²) < 4.78 is 0. The highest BCUT2D eigenvalue weighted by Gasteiger charge is 2.03. The molecule has 0 fully saturated rings.